The van der Waals surface area contributed by atoms with Crippen LogP contribution in [0, 0.1) is 11.8 Å². The van der Waals surface area contributed by atoms with Gasteiger partial charge in [-0.3, -0.25) is 0 Å². The van der Waals surface area contributed by atoms with E-state index in [1.807, 2.05) is 24.3 Å². The molecule has 0 saturated heterocycles. The van der Waals surface area contributed by atoms with Crippen LogP contribution in [0.25, 0.3) is 0 Å². The molecule has 1 saturated carbocycles. The summed E-state index contributed by atoms with van der Waals surface area (Å²) in [6, 6.07) is 7.53. The maximum Gasteiger partial charge on any atom is 0.216 e. The van der Waals surface area contributed by atoms with Gasteiger partial charge in [-0.15, -0.1) is 0 Å². The molecule has 0 aliphatic heterocycles. The second kappa shape index (κ2) is 6.90. The highest BCUT2D eigenvalue weighted by molar-refractivity contribution is 7.88. The Kier molecular flexibility index (Phi) is 5.41. The standard InChI is InChI=1S/C16H26N2O2S/c1-12-7-13(2)9-16(8-12)18-21(19,20)11-15-6-4-3-5-14(15)10-17/h3-6,12-13,16,18H,7-11,17H2,1-2H3. The van der Waals surface area contributed by atoms with Crippen LogP contribution >= 0.6 is 0 Å². The van der Waals surface area contributed by atoms with Gasteiger partial charge in [-0.25, -0.2) is 13.1 Å². The molecule has 21 heavy (non-hydrogen) atoms. The third-order valence-electron chi connectivity index (χ3n) is 4.21. The lowest BCUT2D eigenvalue weighted by Crippen LogP contribution is -2.40. The van der Waals surface area contributed by atoms with Crippen LogP contribution in [0.3, 0.4) is 0 Å². The molecular weight excluding hydrogens is 284 g/mol. The van der Waals surface area contributed by atoms with Gasteiger partial charge in [0.2, 0.25) is 10.0 Å². The number of benzene rings is 1. The van der Waals surface area contributed by atoms with Crippen molar-refractivity contribution in [2.75, 3.05) is 0 Å². The lowest BCUT2D eigenvalue weighted by atomic mass is 9.81. The molecule has 1 aliphatic rings. The van der Waals surface area contributed by atoms with Crippen LogP contribution < -0.4 is 10.5 Å². The van der Waals surface area contributed by atoms with Crippen molar-refractivity contribution in [2.24, 2.45) is 17.6 Å². The van der Waals surface area contributed by atoms with Crippen LogP contribution in [0.1, 0.15) is 44.2 Å². The van der Waals surface area contributed by atoms with Gasteiger partial charge in [-0.2, -0.15) is 0 Å². The Morgan fingerprint density at radius 2 is 1.67 bits per heavy atom. The van der Waals surface area contributed by atoms with E-state index in [1.165, 1.54) is 6.42 Å². The number of nitrogens with one attached hydrogen (secondary N) is 1. The molecule has 2 atom stereocenters. The molecule has 0 amide bonds. The second-order valence-corrected chi connectivity index (χ2v) is 8.22. The summed E-state index contributed by atoms with van der Waals surface area (Å²) >= 11 is 0. The summed E-state index contributed by atoms with van der Waals surface area (Å²) in [6.45, 7) is 4.75. The fourth-order valence-electron chi connectivity index (χ4n) is 3.44. The smallest absolute Gasteiger partial charge is 0.216 e. The van der Waals surface area contributed by atoms with Gasteiger partial charge in [0.25, 0.3) is 0 Å². The first-order valence-electron chi connectivity index (χ1n) is 7.66. The SMILES string of the molecule is CC1CC(C)CC(NS(=O)(=O)Cc2ccccc2CN)C1. The first kappa shape index (κ1) is 16.5. The Hall–Kier alpha value is -0.910. The van der Waals surface area contributed by atoms with Gasteiger partial charge in [0, 0.05) is 12.6 Å². The molecule has 1 aliphatic carbocycles. The third kappa shape index (κ3) is 4.80. The van der Waals surface area contributed by atoms with E-state index in [0.717, 1.165) is 24.0 Å². The number of hydrogen-bond acceptors (Lipinski definition) is 3. The molecule has 0 spiro atoms. The molecule has 0 aromatic heterocycles. The average Bonchev–Trinajstić information content (AvgIpc) is 2.36. The minimum absolute atomic E-state index is 0.0135. The summed E-state index contributed by atoms with van der Waals surface area (Å²) in [6.07, 6.45) is 3.05. The molecular formula is C16H26N2O2S. The van der Waals surface area contributed by atoms with E-state index in [0.29, 0.717) is 18.4 Å². The molecule has 2 unspecified atom stereocenters. The van der Waals surface area contributed by atoms with E-state index < -0.39 is 10.0 Å². The lowest BCUT2D eigenvalue weighted by molar-refractivity contribution is 0.257. The molecule has 118 valence electrons. The van der Waals surface area contributed by atoms with E-state index in [2.05, 4.69) is 18.6 Å². The van der Waals surface area contributed by atoms with Crippen LogP contribution in [-0.2, 0) is 22.3 Å². The Morgan fingerprint density at radius 1 is 1.10 bits per heavy atom. The fourth-order valence-corrected chi connectivity index (χ4v) is 4.92. The summed E-state index contributed by atoms with van der Waals surface area (Å²) in [5, 5.41) is 0. The summed E-state index contributed by atoms with van der Waals surface area (Å²) in [5.74, 6) is 1.18. The minimum atomic E-state index is -3.32. The Labute approximate surface area is 128 Å². The molecule has 3 N–H and O–H groups in total. The molecule has 0 heterocycles. The van der Waals surface area contributed by atoms with Crippen molar-refractivity contribution in [2.45, 2.75) is 51.4 Å². The highest BCUT2D eigenvalue weighted by atomic mass is 32.2. The Balaban J connectivity index is 2.05. The largest absolute Gasteiger partial charge is 0.326 e. The number of hydrogen-bond donors (Lipinski definition) is 2. The van der Waals surface area contributed by atoms with Crippen LogP contribution in [-0.4, -0.2) is 14.5 Å². The molecule has 0 radical (unpaired) electrons. The van der Waals surface area contributed by atoms with Crippen molar-refractivity contribution in [3.05, 3.63) is 35.4 Å². The quantitative estimate of drug-likeness (QED) is 0.877. The summed E-state index contributed by atoms with van der Waals surface area (Å²) < 4.78 is 27.7. The topological polar surface area (TPSA) is 72.2 Å². The minimum Gasteiger partial charge on any atom is -0.326 e. The van der Waals surface area contributed by atoms with Crippen LogP contribution in [0.5, 0.6) is 0 Å². The first-order chi connectivity index (χ1) is 9.89. The summed E-state index contributed by atoms with van der Waals surface area (Å²) in [7, 11) is -3.32. The number of nitrogens with two attached hydrogens (primary N) is 1. The van der Waals surface area contributed by atoms with E-state index in [-0.39, 0.29) is 11.8 Å². The molecule has 0 bridgehead atoms. The summed E-state index contributed by atoms with van der Waals surface area (Å²) in [4.78, 5) is 0. The Bertz CT molecular complexity index is 561. The Morgan fingerprint density at radius 3 is 2.24 bits per heavy atom. The highest BCUT2D eigenvalue weighted by Crippen LogP contribution is 2.29. The van der Waals surface area contributed by atoms with Gasteiger partial charge in [-0.1, -0.05) is 38.1 Å². The predicted molar refractivity (Wildman–Crippen MR) is 86.1 cm³/mol. The van der Waals surface area contributed by atoms with E-state index in [9.17, 15) is 8.42 Å². The molecule has 1 aromatic carbocycles. The first-order valence-corrected chi connectivity index (χ1v) is 9.31. The van der Waals surface area contributed by atoms with Crippen molar-refractivity contribution in [1.82, 2.24) is 4.72 Å². The second-order valence-electron chi connectivity index (χ2n) is 6.46. The lowest BCUT2D eigenvalue weighted by Gasteiger charge is -2.31. The molecule has 1 fully saturated rings. The number of sulfonamides is 1. The predicted octanol–water partition coefficient (Wildman–Crippen LogP) is 2.39. The van der Waals surface area contributed by atoms with Gasteiger partial charge in [0.1, 0.15) is 0 Å². The monoisotopic (exact) mass is 310 g/mol. The zero-order valence-corrected chi connectivity index (χ0v) is 13.7. The zero-order chi connectivity index (χ0) is 15.5. The third-order valence-corrected chi connectivity index (χ3v) is 5.59. The normalized spacial score (nSPS) is 26.7. The average molecular weight is 310 g/mol. The fraction of sp³-hybridized carbons (Fsp3) is 0.625. The maximum atomic E-state index is 12.4. The van der Waals surface area contributed by atoms with Gasteiger partial charge in [0.05, 0.1) is 5.75 Å². The molecule has 2 rings (SSSR count). The number of rotatable bonds is 5. The van der Waals surface area contributed by atoms with E-state index >= 15 is 0 Å². The van der Waals surface area contributed by atoms with E-state index in [1.54, 1.807) is 0 Å². The van der Waals surface area contributed by atoms with Crippen molar-refractivity contribution < 1.29 is 8.42 Å². The van der Waals surface area contributed by atoms with E-state index in [4.69, 9.17) is 5.73 Å². The van der Waals surface area contributed by atoms with Gasteiger partial charge in [-0.05, 0) is 42.2 Å². The molecule has 1 aromatic rings. The van der Waals surface area contributed by atoms with Gasteiger partial charge >= 0.3 is 0 Å². The maximum absolute atomic E-state index is 12.4. The van der Waals surface area contributed by atoms with Crippen molar-refractivity contribution in [3.63, 3.8) is 0 Å². The summed E-state index contributed by atoms with van der Waals surface area (Å²) in [5.41, 5.74) is 7.37. The van der Waals surface area contributed by atoms with Crippen molar-refractivity contribution >= 4 is 10.0 Å². The van der Waals surface area contributed by atoms with Crippen molar-refractivity contribution in [3.8, 4) is 0 Å². The highest BCUT2D eigenvalue weighted by Gasteiger charge is 2.27. The van der Waals surface area contributed by atoms with Crippen molar-refractivity contribution in [1.29, 1.82) is 0 Å². The van der Waals surface area contributed by atoms with Gasteiger partial charge in [0.15, 0.2) is 0 Å². The van der Waals surface area contributed by atoms with Crippen LogP contribution in [0.2, 0.25) is 0 Å². The molecule has 4 nitrogen and oxygen atoms in total. The zero-order valence-electron chi connectivity index (χ0n) is 12.9. The van der Waals surface area contributed by atoms with Gasteiger partial charge < -0.3 is 5.73 Å². The van der Waals surface area contributed by atoms with Crippen LogP contribution in [0.4, 0.5) is 0 Å². The molecule has 5 heteroatoms. The van der Waals surface area contributed by atoms with Crippen LogP contribution in [0.15, 0.2) is 24.3 Å².